The first-order valence-corrected chi connectivity index (χ1v) is 5.43. The predicted molar refractivity (Wildman–Crippen MR) is 50.2 cm³/mol. The fraction of sp³-hybridized carbons (Fsp3) is 1.00. The van der Waals surface area contributed by atoms with Crippen LogP contribution in [0.4, 0.5) is 0 Å². The van der Waals surface area contributed by atoms with Crippen LogP contribution in [0.2, 0.25) is 0 Å². The van der Waals surface area contributed by atoms with E-state index >= 15 is 0 Å². The summed E-state index contributed by atoms with van der Waals surface area (Å²) in [7, 11) is 0. The van der Waals surface area contributed by atoms with E-state index < -0.39 is 0 Å². The van der Waals surface area contributed by atoms with Crippen molar-refractivity contribution >= 4 is 0 Å². The molecule has 1 nitrogen and oxygen atoms in total. The van der Waals surface area contributed by atoms with Crippen molar-refractivity contribution in [1.82, 2.24) is 0 Å². The number of ether oxygens (including phenoxy) is 1. The summed E-state index contributed by atoms with van der Waals surface area (Å²) in [6, 6.07) is 0. The second kappa shape index (κ2) is 2.73. The lowest BCUT2D eigenvalue weighted by atomic mass is 9.79. The van der Waals surface area contributed by atoms with Gasteiger partial charge < -0.3 is 4.74 Å². The van der Waals surface area contributed by atoms with Crippen LogP contribution in [0.3, 0.4) is 0 Å². The molecule has 0 amide bonds. The zero-order chi connectivity index (χ0) is 8.66. The van der Waals surface area contributed by atoms with Gasteiger partial charge >= 0.3 is 0 Å². The molecule has 0 aromatic rings. The Hall–Kier alpha value is -0.0400. The number of epoxide rings is 1. The third-order valence-electron chi connectivity index (χ3n) is 3.73. The molecule has 1 heterocycles. The van der Waals surface area contributed by atoms with E-state index in [-0.39, 0.29) is 5.60 Å². The Balaban J connectivity index is 1.97. The Bertz CT molecular complexity index is 170. The van der Waals surface area contributed by atoms with E-state index in [2.05, 4.69) is 13.8 Å². The van der Waals surface area contributed by atoms with Crippen LogP contribution in [0.5, 0.6) is 0 Å². The van der Waals surface area contributed by atoms with Crippen LogP contribution in [0.15, 0.2) is 0 Å². The molecular weight excluding hydrogens is 148 g/mol. The van der Waals surface area contributed by atoms with Gasteiger partial charge in [0.25, 0.3) is 0 Å². The predicted octanol–water partition coefficient (Wildman–Crippen LogP) is 3.28. The highest BCUT2D eigenvalue weighted by molar-refractivity contribution is 5.13. The topological polar surface area (TPSA) is 12.5 Å². The van der Waals surface area contributed by atoms with Gasteiger partial charge in [-0.3, -0.25) is 0 Å². The largest absolute Gasteiger partial charge is 0.363 e. The Morgan fingerprint density at radius 1 is 1.17 bits per heavy atom. The SMILES string of the molecule is CCCC1(C)OC12CCCCC2. The Kier molecular flexibility index (Phi) is 1.95. The van der Waals surface area contributed by atoms with Gasteiger partial charge in [-0.15, -0.1) is 0 Å². The van der Waals surface area contributed by atoms with Gasteiger partial charge in [0.2, 0.25) is 0 Å². The average molecular weight is 168 g/mol. The van der Waals surface area contributed by atoms with Gasteiger partial charge in [-0.05, 0) is 26.2 Å². The maximum atomic E-state index is 5.97. The van der Waals surface area contributed by atoms with E-state index in [1.165, 1.54) is 44.9 Å². The average Bonchev–Trinajstić information content (AvgIpc) is 2.57. The standard InChI is InChI=1S/C11H20O/c1-3-7-10(2)11(12-10)8-5-4-6-9-11/h3-9H2,1-2H3. The molecule has 1 saturated carbocycles. The van der Waals surface area contributed by atoms with Crippen LogP contribution in [0.1, 0.15) is 58.8 Å². The van der Waals surface area contributed by atoms with Crippen molar-refractivity contribution in [3.05, 3.63) is 0 Å². The molecule has 1 aliphatic heterocycles. The van der Waals surface area contributed by atoms with Gasteiger partial charge in [0.15, 0.2) is 0 Å². The normalized spacial score (nSPS) is 38.5. The third-order valence-corrected chi connectivity index (χ3v) is 3.73. The summed E-state index contributed by atoms with van der Waals surface area (Å²) < 4.78 is 5.97. The smallest absolute Gasteiger partial charge is 0.0977 e. The lowest BCUT2D eigenvalue weighted by Gasteiger charge is -2.21. The molecular formula is C11H20O. The first-order chi connectivity index (χ1) is 5.72. The van der Waals surface area contributed by atoms with Crippen LogP contribution in [0.25, 0.3) is 0 Å². The summed E-state index contributed by atoms with van der Waals surface area (Å²) >= 11 is 0. The van der Waals surface area contributed by atoms with Gasteiger partial charge in [0.1, 0.15) is 0 Å². The molecule has 0 N–H and O–H groups in total. The Labute approximate surface area is 75.5 Å². The maximum absolute atomic E-state index is 5.97. The minimum atomic E-state index is 0.266. The van der Waals surface area contributed by atoms with E-state index in [0.29, 0.717) is 5.60 Å². The fourth-order valence-corrected chi connectivity index (χ4v) is 2.92. The molecule has 70 valence electrons. The van der Waals surface area contributed by atoms with Gasteiger partial charge in [-0.25, -0.2) is 0 Å². The monoisotopic (exact) mass is 168 g/mol. The summed E-state index contributed by atoms with van der Waals surface area (Å²) in [5, 5.41) is 0. The number of hydrogen-bond donors (Lipinski definition) is 0. The highest BCUT2D eigenvalue weighted by Crippen LogP contribution is 2.58. The van der Waals surface area contributed by atoms with Gasteiger partial charge in [-0.2, -0.15) is 0 Å². The van der Waals surface area contributed by atoms with Crippen molar-refractivity contribution in [2.45, 2.75) is 70.0 Å². The lowest BCUT2D eigenvalue weighted by molar-refractivity contribution is 0.223. The molecule has 1 atom stereocenters. The van der Waals surface area contributed by atoms with E-state index in [1.54, 1.807) is 0 Å². The summed E-state index contributed by atoms with van der Waals surface area (Å²) in [5.74, 6) is 0. The second-order valence-electron chi connectivity index (χ2n) is 4.64. The molecule has 1 heteroatoms. The summed E-state index contributed by atoms with van der Waals surface area (Å²) in [4.78, 5) is 0. The zero-order valence-corrected chi connectivity index (χ0v) is 8.36. The zero-order valence-electron chi connectivity index (χ0n) is 8.36. The summed E-state index contributed by atoms with van der Waals surface area (Å²) in [6.07, 6.45) is 9.37. The molecule has 0 aromatic carbocycles. The first-order valence-electron chi connectivity index (χ1n) is 5.43. The molecule has 2 fully saturated rings. The van der Waals surface area contributed by atoms with E-state index in [9.17, 15) is 0 Å². The molecule has 1 unspecified atom stereocenters. The Morgan fingerprint density at radius 2 is 1.83 bits per heavy atom. The molecule has 0 radical (unpaired) electrons. The van der Waals surface area contributed by atoms with Gasteiger partial charge in [0, 0.05) is 0 Å². The molecule has 1 spiro atoms. The number of hydrogen-bond acceptors (Lipinski definition) is 1. The van der Waals surface area contributed by atoms with Crippen molar-refractivity contribution in [3.8, 4) is 0 Å². The van der Waals surface area contributed by atoms with Crippen LogP contribution in [0, 0.1) is 0 Å². The van der Waals surface area contributed by atoms with Gasteiger partial charge in [0.05, 0.1) is 11.2 Å². The Morgan fingerprint density at radius 3 is 2.42 bits per heavy atom. The van der Waals surface area contributed by atoms with Crippen LogP contribution >= 0.6 is 0 Å². The van der Waals surface area contributed by atoms with Crippen molar-refractivity contribution in [2.75, 3.05) is 0 Å². The molecule has 1 aliphatic carbocycles. The molecule has 0 aromatic heterocycles. The van der Waals surface area contributed by atoms with Crippen molar-refractivity contribution in [1.29, 1.82) is 0 Å². The third kappa shape index (κ3) is 1.10. The van der Waals surface area contributed by atoms with E-state index in [1.807, 2.05) is 0 Å². The lowest BCUT2D eigenvalue weighted by Crippen LogP contribution is -2.25. The van der Waals surface area contributed by atoms with Gasteiger partial charge in [-0.1, -0.05) is 32.6 Å². The molecule has 0 bridgehead atoms. The highest BCUT2D eigenvalue weighted by Gasteiger charge is 2.65. The molecule has 2 rings (SSSR count). The highest BCUT2D eigenvalue weighted by atomic mass is 16.6. The second-order valence-corrected chi connectivity index (χ2v) is 4.64. The maximum Gasteiger partial charge on any atom is 0.0977 e. The van der Waals surface area contributed by atoms with E-state index in [4.69, 9.17) is 4.74 Å². The minimum absolute atomic E-state index is 0.266. The van der Waals surface area contributed by atoms with Crippen molar-refractivity contribution in [2.24, 2.45) is 0 Å². The molecule has 1 saturated heterocycles. The van der Waals surface area contributed by atoms with Crippen LogP contribution in [-0.4, -0.2) is 11.2 Å². The summed E-state index contributed by atoms with van der Waals surface area (Å²) in [6.45, 7) is 4.56. The molecule has 12 heavy (non-hydrogen) atoms. The van der Waals surface area contributed by atoms with Crippen molar-refractivity contribution < 1.29 is 4.74 Å². The minimum Gasteiger partial charge on any atom is -0.363 e. The number of rotatable bonds is 2. The quantitative estimate of drug-likeness (QED) is 0.576. The van der Waals surface area contributed by atoms with E-state index in [0.717, 1.165) is 0 Å². The van der Waals surface area contributed by atoms with Crippen LogP contribution < -0.4 is 0 Å². The van der Waals surface area contributed by atoms with Crippen LogP contribution in [-0.2, 0) is 4.74 Å². The van der Waals surface area contributed by atoms with Crippen molar-refractivity contribution in [3.63, 3.8) is 0 Å². The molecule has 2 aliphatic rings. The summed E-state index contributed by atoms with van der Waals surface area (Å²) in [5.41, 5.74) is 0.601. The first kappa shape index (κ1) is 8.55. The fourth-order valence-electron chi connectivity index (χ4n) is 2.92.